The molecule has 1 fully saturated rings. The van der Waals surface area contributed by atoms with Crippen molar-refractivity contribution in [3.63, 3.8) is 0 Å². The van der Waals surface area contributed by atoms with E-state index in [-0.39, 0.29) is 0 Å². The van der Waals surface area contributed by atoms with E-state index in [1.165, 1.54) is 0 Å². The van der Waals surface area contributed by atoms with Gasteiger partial charge in [0.25, 0.3) is 0 Å². The Bertz CT molecular complexity index is 229. The molecular weight excluding hydrogens is 210 g/mol. The quantitative estimate of drug-likeness (QED) is 0.760. The third-order valence-corrected chi connectivity index (χ3v) is 3.66. The summed E-state index contributed by atoms with van der Waals surface area (Å²) in [5.74, 6) is 0. The molecule has 2 rings (SSSR count). The van der Waals surface area contributed by atoms with Gasteiger partial charge in [0.1, 0.15) is 0 Å². The number of amidine groups is 1. The Morgan fingerprint density at radius 2 is 2.33 bits per heavy atom. The van der Waals surface area contributed by atoms with Gasteiger partial charge in [-0.05, 0) is 0 Å². The molecule has 0 aromatic rings. The molecule has 2 aliphatic heterocycles. The Labute approximate surface area is 95.5 Å². The van der Waals surface area contributed by atoms with E-state index in [9.17, 15) is 0 Å². The van der Waals surface area contributed by atoms with Gasteiger partial charge in [0.15, 0.2) is 5.17 Å². The summed E-state index contributed by atoms with van der Waals surface area (Å²) < 4.78 is 5.30. The monoisotopic (exact) mass is 229 g/mol. The van der Waals surface area contributed by atoms with Crippen molar-refractivity contribution in [1.29, 1.82) is 0 Å². The van der Waals surface area contributed by atoms with Crippen molar-refractivity contribution in [2.75, 3.05) is 45.9 Å². The fraction of sp³-hybridized carbons (Fsp3) is 0.900. The van der Waals surface area contributed by atoms with Gasteiger partial charge in [0.2, 0.25) is 0 Å². The Hall–Kier alpha value is -0.260. The SMILES string of the molecule is CC1CN=C(NCCN2CCOCC2)S1. The molecule has 0 bridgehead atoms. The number of nitrogens with one attached hydrogen (secondary N) is 1. The van der Waals surface area contributed by atoms with Crippen LogP contribution < -0.4 is 5.32 Å². The first-order valence-electron chi connectivity index (χ1n) is 5.59. The minimum absolute atomic E-state index is 0.649. The number of aliphatic imine (C=N–C) groups is 1. The van der Waals surface area contributed by atoms with Crippen LogP contribution >= 0.6 is 11.8 Å². The summed E-state index contributed by atoms with van der Waals surface area (Å²) in [6.45, 7) is 9.17. The maximum atomic E-state index is 5.30. The maximum Gasteiger partial charge on any atom is 0.156 e. The second kappa shape index (κ2) is 5.72. The molecule has 1 unspecified atom stereocenters. The van der Waals surface area contributed by atoms with Crippen molar-refractivity contribution in [2.45, 2.75) is 12.2 Å². The number of morpholine rings is 1. The summed E-state index contributed by atoms with van der Waals surface area (Å²) in [5, 5.41) is 5.16. The number of rotatable bonds is 3. The smallest absolute Gasteiger partial charge is 0.156 e. The lowest BCUT2D eigenvalue weighted by atomic mass is 10.4. The Balaban J connectivity index is 1.58. The molecule has 0 saturated carbocycles. The molecule has 4 nitrogen and oxygen atoms in total. The van der Waals surface area contributed by atoms with Gasteiger partial charge in [0, 0.05) is 31.4 Å². The zero-order chi connectivity index (χ0) is 10.5. The van der Waals surface area contributed by atoms with E-state index in [4.69, 9.17) is 4.74 Å². The van der Waals surface area contributed by atoms with Crippen molar-refractivity contribution >= 4 is 16.9 Å². The third-order valence-electron chi connectivity index (χ3n) is 2.61. The van der Waals surface area contributed by atoms with E-state index in [2.05, 4.69) is 22.1 Å². The summed E-state index contributed by atoms with van der Waals surface area (Å²) in [7, 11) is 0. The minimum atomic E-state index is 0.649. The predicted octanol–water partition coefficient (Wildman–Crippen LogP) is 0.400. The Kier molecular flexibility index (Phi) is 4.29. The molecule has 5 heteroatoms. The number of nitrogens with zero attached hydrogens (tertiary/aromatic N) is 2. The fourth-order valence-corrected chi connectivity index (χ4v) is 2.58. The van der Waals surface area contributed by atoms with Gasteiger partial charge >= 0.3 is 0 Å². The van der Waals surface area contributed by atoms with Crippen LogP contribution in [0.2, 0.25) is 0 Å². The molecular formula is C10H19N3OS. The van der Waals surface area contributed by atoms with Crippen molar-refractivity contribution in [2.24, 2.45) is 4.99 Å². The van der Waals surface area contributed by atoms with Crippen molar-refractivity contribution < 1.29 is 4.74 Å². The molecule has 0 aromatic carbocycles. The molecule has 2 aliphatic rings. The highest BCUT2D eigenvalue weighted by Gasteiger charge is 2.15. The van der Waals surface area contributed by atoms with Crippen LogP contribution in [0.5, 0.6) is 0 Å². The second-order valence-electron chi connectivity index (χ2n) is 3.96. The van der Waals surface area contributed by atoms with Gasteiger partial charge in [-0.25, -0.2) is 0 Å². The Morgan fingerprint density at radius 1 is 1.53 bits per heavy atom. The second-order valence-corrected chi connectivity index (χ2v) is 5.38. The first-order valence-corrected chi connectivity index (χ1v) is 6.47. The molecule has 1 N–H and O–H groups in total. The summed E-state index contributed by atoms with van der Waals surface area (Å²) in [5.41, 5.74) is 0. The molecule has 15 heavy (non-hydrogen) atoms. The molecule has 0 radical (unpaired) electrons. The van der Waals surface area contributed by atoms with Gasteiger partial charge in [-0.1, -0.05) is 18.7 Å². The van der Waals surface area contributed by atoms with Gasteiger partial charge in [0.05, 0.1) is 19.8 Å². The van der Waals surface area contributed by atoms with E-state index in [0.717, 1.165) is 51.1 Å². The highest BCUT2D eigenvalue weighted by atomic mass is 32.2. The molecule has 2 heterocycles. The van der Waals surface area contributed by atoms with Crippen LogP contribution in [0.25, 0.3) is 0 Å². The highest BCUT2D eigenvalue weighted by molar-refractivity contribution is 8.14. The van der Waals surface area contributed by atoms with Gasteiger partial charge < -0.3 is 10.1 Å². The van der Waals surface area contributed by atoms with Crippen LogP contribution in [0.3, 0.4) is 0 Å². The first-order chi connectivity index (χ1) is 7.34. The molecule has 1 saturated heterocycles. The predicted molar refractivity (Wildman–Crippen MR) is 64.6 cm³/mol. The van der Waals surface area contributed by atoms with Crippen LogP contribution in [0.1, 0.15) is 6.92 Å². The fourth-order valence-electron chi connectivity index (χ4n) is 1.72. The van der Waals surface area contributed by atoms with E-state index in [1.54, 1.807) is 0 Å². The number of hydrogen-bond acceptors (Lipinski definition) is 5. The number of hydrogen-bond donors (Lipinski definition) is 1. The van der Waals surface area contributed by atoms with Crippen LogP contribution in [-0.2, 0) is 4.74 Å². The summed E-state index contributed by atoms with van der Waals surface area (Å²) in [4.78, 5) is 6.86. The molecule has 0 aliphatic carbocycles. The van der Waals surface area contributed by atoms with Gasteiger partial charge in [-0.3, -0.25) is 9.89 Å². The summed E-state index contributed by atoms with van der Waals surface area (Å²) in [6.07, 6.45) is 0. The lowest BCUT2D eigenvalue weighted by molar-refractivity contribution is 0.0389. The summed E-state index contributed by atoms with van der Waals surface area (Å²) >= 11 is 1.85. The van der Waals surface area contributed by atoms with E-state index < -0.39 is 0 Å². The molecule has 0 aromatic heterocycles. The average molecular weight is 229 g/mol. The zero-order valence-electron chi connectivity index (χ0n) is 9.24. The number of thioether (sulfide) groups is 1. The van der Waals surface area contributed by atoms with Crippen LogP contribution in [0, 0.1) is 0 Å². The lowest BCUT2D eigenvalue weighted by Gasteiger charge is -2.26. The maximum absolute atomic E-state index is 5.30. The van der Waals surface area contributed by atoms with Crippen molar-refractivity contribution in [3.05, 3.63) is 0 Å². The largest absolute Gasteiger partial charge is 0.379 e. The minimum Gasteiger partial charge on any atom is -0.379 e. The summed E-state index contributed by atoms with van der Waals surface area (Å²) in [6, 6.07) is 0. The van der Waals surface area contributed by atoms with E-state index in [1.807, 2.05) is 11.8 Å². The van der Waals surface area contributed by atoms with E-state index in [0.29, 0.717) is 5.25 Å². The Morgan fingerprint density at radius 3 is 3.00 bits per heavy atom. The standard InChI is InChI=1S/C10H19N3OS/c1-9-8-12-10(15-9)11-2-3-13-4-6-14-7-5-13/h9H,2-8H2,1H3,(H,11,12). The molecule has 1 atom stereocenters. The first kappa shape index (κ1) is 11.2. The highest BCUT2D eigenvalue weighted by Crippen LogP contribution is 2.18. The average Bonchev–Trinajstić information content (AvgIpc) is 2.66. The molecule has 0 spiro atoms. The topological polar surface area (TPSA) is 36.9 Å². The molecule has 86 valence electrons. The van der Waals surface area contributed by atoms with Crippen molar-refractivity contribution in [3.8, 4) is 0 Å². The molecule has 0 amide bonds. The van der Waals surface area contributed by atoms with Crippen LogP contribution in [-0.4, -0.2) is 61.3 Å². The van der Waals surface area contributed by atoms with Crippen molar-refractivity contribution in [1.82, 2.24) is 10.2 Å². The zero-order valence-corrected chi connectivity index (χ0v) is 10.1. The lowest BCUT2D eigenvalue weighted by Crippen LogP contribution is -2.40. The normalized spacial score (nSPS) is 27.8. The van der Waals surface area contributed by atoms with Gasteiger partial charge in [-0.2, -0.15) is 0 Å². The van der Waals surface area contributed by atoms with Gasteiger partial charge in [-0.15, -0.1) is 0 Å². The van der Waals surface area contributed by atoms with E-state index >= 15 is 0 Å². The van der Waals surface area contributed by atoms with Crippen LogP contribution in [0.15, 0.2) is 4.99 Å². The van der Waals surface area contributed by atoms with Crippen LogP contribution in [0.4, 0.5) is 0 Å². The third kappa shape index (κ3) is 3.66. The number of ether oxygens (including phenoxy) is 1.